The lowest BCUT2D eigenvalue weighted by Crippen LogP contribution is -2.53. The molecule has 8 nitrogen and oxygen atoms in total. The van der Waals surface area contributed by atoms with Gasteiger partial charge in [0.1, 0.15) is 5.65 Å². The molecule has 1 aliphatic heterocycles. The van der Waals surface area contributed by atoms with Gasteiger partial charge in [-0.1, -0.05) is 6.07 Å². The number of aryl methyl sites for hydroxylation is 1. The van der Waals surface area contributed by atoms with E-state index in [0.29, 0.717) is 6.04 Å². The van der Waals surface area contributed by atoms with Gasteiger partial charge in [0.25, 0.3) is 0 Å². The first-order valence-electron chi connectivity index (χ1n) is 11.2. The molecule has 2 atom stereocenters. The van der Waals surface area contributed by atoms with Crippen LogP contribution in [0.3, 0.4) is 0 Å². The van der Waals surface area contributed by atoms with Crippen molar-refractivity contribution in [1.82, 2.24) is 29.2 Å². The molecule has 1 aliphatic carbocycles. The Morgan fingerprint density at radius 3 is 2.97 bits per heavy atom. The first-order valence-corrected chi connectivity index (χ1v) is 11.2. The summed E-state index contributed by atoms with van der Waals surface area (Å²) in [7, 11) is 4.24. The van der Waals surface area contributed by atoms with Gasteiger partial charge in [-0.2, -0.15) is 0 Å². The molecule has 0 saturated carbocycles. The van der Waals surface area contributed by atoms with Gasteiger partial charge in [0, 0.05) is 44.8 Å². The van der Waals surface area contributed by atoms with Gasteiger partial charge >= 0.3 is 0 Å². The lowest BCUT2D eigenvalue weighted by molar-refractivity contribution is 0.135. The fraction of sp³-hybridized carbons (Fsp3) is 0.522. The van der Waals surface area contributed by atoms with E-state index in [1.165, 1.54) is 17.7 Å². The Hall–Kier alpha value is -2.55. The number of aromatic nitrogens is 4. The van der Waals surface area contributed by atoms with Gasteiger partial charge in [0.05, 0.1) is 30.1 Å². The summed E-state index contributed by atoms with van der Waals surface area (Å²) < 4.78 is 2.09. The molecule has 4 heterocycles. The zero-order chi connectivity index (χ0) is 21.4. The zero-order valence-corrected chi connectivity index (χ0v) is 18.4. The highest BCUT2D eigenvalue weighted by Crippen LogP contribution is 2.32. The average molecular weight is 422 g/mol. The maximum absolute atomic E-state index is 9.72. The van der Waals surface area contributed by atoms with Crippen molar-refractivity contribution in [2.45, 2.75) is 37.9 Å². The van der Waals surface area contributed by atoms with Gasteiger partial charge in [0.15, 0.2) is 0 Å². The summed E-state index contributed by atoms with van der Waals surface area (Å²) in [6.45, 7) is 3.47. The molecule has 2 aliphatic rings. The molecule has 0 amide bonds. The van der Waals surface area contributed by atoms with Crippen LogP contribution in [0.4, 0.5) is 5.95 Å². The monoisotopic (exact) mass is 421 g/mol. The Balaban J connectivity index is 1.38. The molecule has 3 aromatic heterocycles. The van der Waals surface area contributed by atoms with E-state index in [9.17, 15) is 5.11 Å². The summed E-state index contributed by atoms with van der Waals surface area (Å²) in [5, 5.41) is 9.72. The van der Waals surface area contributed by atoms with Crippen LogP contribution in [0.15, 0.2) is 36.8 Å². The van der Waals surface area contributed by atoms with Crippen molar-refractivity contribution < 1.29 is 5.11 Å². The molecule has 0 radical (unpaired) electrons. The van der Waals surface area contributed by atoms with Gasteiger partial charge in [-0.25, -0.2) is 9.97 Å². The molecular weight excluding hydrogens is 390 g/mol. The third-order valence-electron chi connectivity index (χ3n) is 6.79. The van der Waals surface area contributed by atoms with E-state index in [2.05, 4.69) is 50.4 Å². The first-order chi connectivity index (χ1) is 15.1. The first kappa shape index (κ1) is 20.4. The van der Waals surface area contributed by atoms with Gasteiger partial charge in [0.2, 0.25) is 5.95 Å². The van der Waals surface area contributed by atoms with Crippen LogP contribution in [-0.2, 0) is 13.0 Å². The smallest absolute Gasteiger partial charge is 0.211 e. The van der Waals surface area contributed by atoms with E-state index in [1.807, 2.05) is 24.5 Å². The van der Waals surface area contributed by atoms with Crippen LogP contribution in [-0.4, -0.2) is 80.6 Å². The van der Waals surface area contributed by atoms with Crippen molar-refractivity contribution in [1.29, 1.82) is 0 Å². The molecule has 164 valence electrons. The minimum atomic E-state index is 0.124. The van der Waals surface area contributed by atoms with Crippen LogP contribution < -0.4 is 4.90 Å². The summed E-state index contributed by atoms with van der Waals surface area (Å²) in [4.78, 5) is 21.1. The predicted octanol–water partition coefficient (Wildman–Crippen LogP) is 1.75. The van der Waals surface area contributed by atoms with Crippen LogP contribution in [0, 0.1) is 0 Å². The Morgan fingerprint density at radius 2 is 2.10 bits per heavy atom. The fourth-order valence-electron chi connectivity index (χ4n) is 4.97. The fourth-order valence-corrected chi connectivity index (χ4v) is 4.97. The van der Waals surface area contributed by atoms with E-state index < -0.39 is 0 Å². The lowest BCUT2D eigenvalue weighted by atomic mass is 9.91. The number of nitrogens with zero attached hydrogens (tertiary/aromatic N) is 7. The van der Waals surface area contributed by atoms with Crippen LogP contribution in [0.2, 0.25) is 0 Å². The number of fused-ring (bicyclic) bond motifs is 2. The summed E-state index contributed by atoms with van der Waals surface area (Å²) in [5.41, 5.74) is 4.54. The van der Waals surface area contributed by atoms with Crippen LogP contribution in [0.5, 0.6) is 0 Å². The quantitative estimate of drug-likeness (QED) is 0.673. The van der Waals surface area contributed by atoms with Crippen molar-refractivity contribution in [2.75, 3.05) is 45.2 Å². The minimum Gasteiger partial charge on any atom is -0.395 e. The molecule has 1 saturated heterocycles. The highest BCUT2D eigenvalue weighted by Gasteiger charge is 2.27. The number of imidazole rings is 1. The molecule has 1 fully saturated rings. The van der Waals surface area contributed by atoms with Crippen molar-refractivity contribution in [3.8, 4) is 0 Å². The maximum Gasteiger partial charge on any atom is 0.211 e. The molecule has 1 N–H and O–H groups in total. The van der Waals surface area contributed by atoms with E-state index in [0.717, 1.165) is 56.3 Å². The predicted molar refractivity (Wildman–Crippen MR) is 120 cm³/mol. The number of aliphatic hydroxyl groups excluding tert-OH is 1. The molecule has 0 spiro atoms. The summed E-state index contributed by atoms with van der Waals surface area (Å²) in [5.74, 6) is 0.898. The third kappa shape index (κ3) is 3.91. The zero-order valence-electron chi connectivity index (χ0n) is 18.4. The van der Waals surface area contributed by atoms with Gasteiger partial charge in [-0.15, -0.1) is 0 Å². The Labute approximate surface area is 183 Å². The van der Waals surface area contributed by atoms with Crippen molar-refractivity contribution in [2.24, 2.45) is 0 Å². The Bertz CT molecular complexity index is 1050. The SMILES string of the molecule is CN1CCN(c2nccc3nc(CN(C)[C@H]4CCCc5cccnc54)cn23)C[C@H]1CO. The summed E-state index contributed by atoms with van der Waals surface area (Å²) in [6.07, 6.45) is 9.30. The topological polar surface area (TPSA) is 73.0 Å². The Kier molecular flexibility index (Phi) is 5.60. The molecular formula is C23H31N7O. The number of likely N-dealkylation sites (N-methyl/N-ethyl adjacent to an activating group) is 1. The lowest BCUT2D eigenvalue weighted by Gasteiger charge is -2.39. The maximum atomic E-state index is 9.72. The highest BCUT2D eigenvalue weighted by molar-refractivity contribution is 5.48. The molecule has 31 heavy (non-hydrogen) atoms. The second kappa shape index (κ2) is 8.53. The number of aliphatic hydroxyl groups is 1. The normalized spacial score (nSPS) is 22.3. The Morgan fingerprint density at radius 1 is 1.19 bits per heavy atom. The van der Waals surface area contributed by atoms with Gasteiger partial charge in [-0.3, -0.25) is 19.2 Å². The van der Waals surface area contributed by atoms with Gasteiger partial charge < -0.3 is 10.0 Å². The molecule has 0 aromatic carbocycles. The van der Waals surface area contributed by atoms with E-state index >= 15 is 0 Å². The number of hydrogen-bond acceptors (Lipinski definition) is 7. The number of anilines is 1. The van der Waals surface area contributed by atoms with Crippen molar-refractivity contribution in [3.63, 3.8) is 0 Å². The second-order valence-corrected chi connectivity index (χ2v) is 8.84. The molecule has 8 heteroatoms. The molecule has 3 aromatic rings. The highest BCUT2D eigenvalue weighted by atomic mass is 16.3. The van der Waals surface area contributed by atoms with Crippen LogP contribution in [0.1, 0.15) is 35.8 Å². The molecule has 5 rings (SSSR count). The number of pyridine rings is 1. The van der Waals surface area contributed by atoms with E-state index in [4.69, 9.17) is 9.97 Å². The standard InChI is InChI=1S/C23H31N7O/c1-27-11-12-29(15-19(27)16-31)23-25-10-8-21-26-18(14-30(21)23)13-28(2)20-7-3-5-17-6-4-9-24-22(17)20/h4,6,8-10,14,19-20,31H,3,5,7,11-13,15-16H2,1-2H3/t19-,20-/m0/s1. The summed E-state index contributed by atoms with van der Waals surface area (Å²) >= 11 is 0. The van der Waals surface area contributed by atoms with Crippen molar-refractivity contribution >= 4 is 11.6 Å². The number of piperazine rings is 1. The van der Waals surface area contributed by atoms with Gasteiger partial charge in [-0.05, 0) is 51.1 Å². The molecule has 0 unspecified atom stereocenters. The molecule has 0 bridgehead atoms. The van der Waals surface area contributed by atoms with E-state index in [-0.39, 0.29) is 12.6 Å². The number of rotatable bonds is 5. The van der Waals surface area contributed by atoms with Crippen LogP contribution >= 0.6 is 0 Å². The average Bonchev–Trinajstić information content (AvgIpc) is 3.21. The van der Waals surface area contributed by atoms with Crippen molar-refractivity contribution in [3.05, 3.63) is 53.7 Å². The minimum absolute atomic E-state index is 0.124. The van der Waals surface area contributed by atoms with Crippen LogP contribution in [0.25, 0.3) is 5.65 Å². The largest absolute Gasteiger partial charge is 0.395 e. The van der Waals surface area contributed by atoms with E-state index in [1.54, 1.807) is 0 Å². The third-order valence-corrected chi connectivity index (χ3v) is 6.79. The summed E-state index contributed by atoms with van der Waals surface area (Å²) in [6, 6.07) is 6.66. The number of hydrogen-bond donors (Lipinski definition) is 1. The second-order valence-electron chi connectivity index (χ2n) is 8.84.